The molecule has 1 aromatic heterocycles. The van der Waals surface area contributed by atoms with Gasteiger partial charge in [0.2, 0.25) is 0 Å². The monoisotopic (exact) mass is 336 g/mol. The lowest BCUT2D eigenvalue weighted by Crippen LogP contribution is -2.23. The topological polar surface area (TPSA) is 116 Å². The van der Waals surface area contributed by atoms with Crippen molar-refractivity contribution in [3.63, 3.8) is 0 Å². The lowest BCUT2D eigenvalue weighted by atomic mass is 10.1. The largest absolute Gasteiger partial charge is 0.481 e. The number of carboxylic acid groups (broad SMARTS) is 1. The van der Waals surface area contributed by atoms with Gasteiger partial charge in [-0.1, -0.05) is 12.1 Å². The predicted octanol–water partition coefficient (Wildman–Crippen LogP) is 1.42. The zero-order chi connectivity index (χ0) is 17.2. The summed E-state index contributed by atoms with van der Waals surface area (Å²) in [6, 6.07) is 7.62. The van der Waals surface area contributed by atoms with E-state index >= 15 is 0 Å². The van der Waals surface area contributed by atoms with Crippen molar-refractivity contribution < 1.29 is 18.3 Å². The van der Waals surface area contributed by atoms with Crippen LogP contribution < -0.4 is 10.3 Å². The maximum Gasteiger partial charge on any atom is 0.307 e. The minimum atomic E-state index is -3.99. The Morgan fingerprint density at radius 3 is 2.57 bits per heavy atom. The fourth-order valence-electron chi connectivity index (χ4n) is 2.15. The number of pyridine rings is 1. The molecule has 1 heterocycles. The third-order valence-corrected chi connectivity index (χ3v) is 4.47. The van der Waals surface area contributed by atoms with Gasteiger partial charge in [-0.25, -0.2) is 8.42 Å². The number of nitrogens with one attached hydrogen (secondary N) is 2. The first-order chi connectivity index (χ1) is 10.7. The Morgan fingerprint density at radius 2 is 1.96 bits per heavy atom. The second-order valence-corrected chi connectivity index (χ2v) is 6.86. The van der Waals surface area contributed by atoms with Crippen LogP contribution in [0.3, 0.4) is 0 Å². The Kier molecular flexibility index (Phi) is 4.55. The van der Waals surface area contributed by atoms with Crippen molar-refractivity contribution in [2.45, 2.75) is 25.2 Å². The maximum absolute atomic E-state index is 12.4. The van der Waals surface area contributed by atoms with Crippen molar-refractivity contribution in [3.8, 4) is 0 Å². The summed E-state index contributed by atoms with van der Waals surface area (Å²) in [6.07, 6.45) is -0.462. The molecule has 0 aliphatic heterocycles. The van der Waals surface area contributed by atoms with E-state index in [-0.39, 0.29) is 16.1 Å². The van der Waals surface area contributed by atoms with E-state index in [0.29, 0.717) is 5.69 Å². The van der Waals surface area contributed by atoms with Crippen LogP contribution in [-0.2, 0) is 21.2 Å². The van der Waals surface area contributed by atoms with E-state index in [4.69, 9.17) is 5.11 Å². The van der Waals surface area contributed by atoms with Crippen LogP contribution in [0.15, 0.2) is 40.0 Å². The van der Waals surface area contributed by atoms with Crippen LogP contribution in [0.2, 0.25) is 0 Å². The van der Waals surface area contributed by atoms with Gasteiger partial charge < -0.3 is 10.1 Å². The molecular formula is C15H16N2O5S. The second kappa shape index (κ2) is 6.25. The van der Waals surface area contributed by atoms with Crippen LogP contribution in [0, 0.1) is 13.8 Å². The Bertz CT molecular complexity index is 916. The number of rotatable bonds is 5. The third kappa shape index (κ3) is 3.98. The average Bonchev–Trinajstić information content (AvgIpc) is 2.42. The van der Waals surface area contributed by atoms with Gasteiger partial charge in [0.1, 0.15) is 5.69 Å². The average molecular weight is 336 g/mol. The molecule has 0 aliphatic carbocycles. The van der Waals surface area contributed by atoms with Gasteiger partial charge in [0.15, 0.2) is 0 Å². The quantitative estimate of drug-likeness (QED) is 0.763. The molecule has 2 aromatic rings. The number of H-pyrrole nitrogens is 1. The summed E-state index contributed by atoms with van der Waals surface area (Å²) < 4.78 is 27.0. The van der Waals surface area contributed by atoms with Crippen molar-refractivity contribution in [2.24, 2.45) is 0 Å². The number of carbonyl (C=O) groups is 1. The highest BCUT2D eigenvalue weighted by atomic mass is 32.2. The second-order valence-electron chi connectivity index (χ2n) is 5.17. The zero-order valence-corrected chi connectivity index (χ0v) is 13.4. The number of aromatic amines is 1. The highest BCUT2D eigenvalue weighted by Gasteiger charge is 2.20. The number of sulfonamides is 1. The Labute approximate surface area is 133 Å². The maximum atomic E-state index is 12.4. The Hall–Kier alpha value is -2.61. The number of hydrogen-bond acceptors (Lipinski definition) is 4. The molecule has 7 nitrogen and oxygen atoms in total. The molecule has 0 atom stereocenters. The highest BCUT2D eigenvalue weighted by molar-refractivity contribution is 7.92. The van der Waals surface area contributed by atoms with Crippen LogP contribution in [-0.4, -0.2) is 24.5 Å². The van der Waals surface area contributed by atoms with Gasteiger partial charge in [0, 0.05) is 5.69 Å². The number of benzene rings is 1. The van der Waals surface area contributed by atoms with Crippen molar-refractivity contribution in [1.82, 2.24) is 4.98 Å². The van der Waals surface area contributed by atoms with Crippen LogP contribution >= 0.6 is 0 Å². The Morgan fingerprint density at radius 1 is 1.26 bits per heavy atom. The van der Waals surface area contributed by atoms with E-state index in [9.17, 15) is 18.0 Å². The summed E-state index contributed by atoms with van der Waals surface area (Å²) >= 11 is 0. The Balaban J connectivity index is 2.51. The van der Waals surface area contributed by atoms with E-state index in [2.05, 4.69) is 9.71 Å². The summed E-state index contributed by atoms with van der Waals surface area (Å²) in [5, 5.41) is 8.94. The van der Waals surface area contributed by atoms with Crippen molar-refractivity contribution in [2.75, 3.05) is 4.72 Å². The lowest BCUT2D eigenvalue weighted by molar-refractivity contribution is -0.136. The first kappa shape index (κ1) is 16.8. The van der Waals surface area contributed by atoms with E-state index in [1.807, 2.05) is 0 Å². The molecule has 3 N–H and O–H groups in total. The van der Waals surface area contributed by atoms with Gasteiger partial charge in [-0.15, -0.1) is 0 Å². The standard InChI is InChI=1S/C15H16N2O5S/c1-9-4-3-5-12(6-9)23(21,22)17-14-11(8-13(18)19)7-10(2)16-15(14)20/h3-7,17H,8H2,1-2H3,(H,16,20)(H,18,19). The van der Waals surface area contributed by atoms with Crippen LogP contribution in [0.5, 0.6) is 0 Å². The van der Waals surface area contributed by atoms with Gasteiger partial charge in [-0.3, -0.25) is 14.3 Å². The molecule has 0 saturated heterocycles. The normalized spacial score (nSPS) is 11.2. The number of hydrogen-bond donors (Lipinski definition) is 3. The van der Waals surface area contributed by atoms with E-state index in [0.717, 1.165) is 5.56 Å². The third-order valence-electron chi connectivity index (χ3n) is 3.13. The first-order valence-electron chi connectivity index (χ1n) is 6.73. The summed E-state index contributed by atoms with van der Waals surface area (Å²) in [5.74, 6) is -1.16. The summed E-state index contributed by atoms with van der Waals surface area (Å²) in [6.45, 7) is 3.33. The van der Waals surface area contributed by atoms with Gasteiger partial charge in [-0.2, -0.15) is 0 Å². The van der Waals surface area contributed by atoms with Gasteiger partial charge in [0.05, 0.1) is 11.3 Å². The van der Waals surface area contributed by atoms with Gasteiger partial charge in [0.25, 0.3) is 15.6 Å². The van der Waals surface area contributed by atoms with Crippen molar-refractivity contribution in [3.05, 3.63) is 57.5 Å². The molecule has 8 heteroatoms. The number of aryl methyl sites for hydroxylation is 2. The molecular weight excluding hydrogens is 320 g/mol. The highest BCUT2D eigenvalue weighted by Crippen LogP contribution is 2.18. The molecule has 0 unspecified atom stereocenters. The van der Waals surface area contributed by atoms with Gasteiger partial charge in [-0.05, 0) is 43.2 Å². The van der Waals surface area contributed by atoms with E-state index in [1.54, 1.807) is 26.0 Å². The smallest absolute Gasteiger partial charge is 0.307 e. The van der Waals surface area contributed by atoms with Gasteiger partial charge >= 0.3 is 5.97 Å². The van der Waals surface area contributed by atoms with E-state index in [1.165, 1.54) is 18.2 Å². The minimum Gasteiger partial charge on any atom is -0.481 e. The van der Waals surface area contributed by atoms with Crippen molar-refractivity contribution in [1.29, 1.82) is 0 Å². The first-order valence-corrected chi connectivity index (χ1v) is 8.21. The molecule has 122 valence electrons. The number of carboxylic acids is 1. The zero-order valence-electron chi connectivity index (χ0n) is 12.6. The molecule has 0 bridgehead atoms. The molecule has 0 spiro atoms. The number of aromatic nitrogens is 1. The summed E-state index contributed by atoms with van der Waals surface area (Å²) in [7, 11) is -3.99. The summed E-state index contributed by atoms with van der Waals surface area (Å²) in [4.78, 5) is 25.4. The lowest BCUT2D eigenvalue weighted by Gasteiger charge is -2.12. The molecule has 0 aliphatic rings. The minimum absolute atomic E-state index is 0.00116. The molecule has 23 heavy (non-hydrogen) atoms. The number of anilines is 1. The van der Waals surface area contributed by atoms with Crippen LogP contribution in [0.25, 0.3) is 0 Å². The number of aliphatic carboxylic acids is 1. The molecule has 0 saturated carbocycles. The SMILES string of the molecule is Cc1cccc(S(=O)(=O)Nc2c(CC(=O)O)cc(C)[nH]c2=O)c1. The predicted molar refractivity (Wildman–Crippen MR) is 85.1 cm³/mol. The molecule has 1 aromatic carbocycles. The van der Waals surface area contributed by atoms with Crippen molar-refractivity contribution >= 4 is 21.7 Å². The van der Waals surface area contributed by atoms with Crippen LogP contribution in [0.1, 0.15) is 16.8 Å². The fraction of sp³-hybridized carbons (Fsp3) is 0.200. The van der Waals surface area contributed by atoms with E-state index < -0.39 is 28.0 Å². The fourth-order valence-corrected chi connectivity index (χ4v) is 3.36. The molecule has 0 amide bonds. The molecule has 0 radical (unpaired) electrons. The van der Waals surface area contributed by atoms with Crippen LogP contribution in [0.4, 0.5) is 5.69 Å². The molecule has 0 fully saturated rings. The molecule has 2 rings (SSSR count). The summed E-state index contributed by atoms with van der Waals surface area (Å²) in [5.41, 5.74) is 0.341.